The third kappa shape index (κ3) is 2.75. The number of halogens is 2. The molecule has 0 unspecified atom stereocenters. The topological polar surface area (TPSA) is 51.1 Å². The van der Waals surface area contributed by atoms with Crippen LogP contribution < -0.4 is 10.2 Å². The van der Waals surface area contributed by atoms with Gasteiger partial charge in [0.2, 0.25) is 5.91 Å². The van der Waals surface area contributed by atoms with Crippen molar-refractivity contribution in [2.75, 3.05) is 5.32 Å². The number of para-hydroxylation sites is 1. The Kier molecular flexibility index (Phi) is 3.72. The molecule has 0 aliphatic rings. The van der Waals surface area contributed by atoms with E-state index in [0.29, 0.717) is 5.52 Å². The van der Waals surface area contributed by atoms with Crippen molar-refractivity contribution in [1.82, 2.24) is 4.57 Å². The summed E-state index contributed by atoms with van der Waals surface area (Å²) in [4.78, 5) is 23.7. The van der Waals surface area contributed by atoms with Crippen molar-refractivity contribution >= 4 is 33.1 Å². The highest BCUT2D eigenvalue weighted by Gasteiger charge is 2.12. The molecule has 1 heterocycles. The molecular weight excluding hydrogens is 310 g/mol. The number of aromatic nitrogens is 1. The lowest BCUT2D eigenvalue weighted by Gasteiger charge is -2.06. The highest BCUT2D eigenvalue weighted by Crippen LogP contribution is 2.17. The summed E-state index contributed by atoms with van der Waals surface area (Å²) >= 11 is 1.05. The molecule has 0 atom stereocenters. The summed E-state index contributed by atoms with van der Waals surface area (Å²) in [5.74, 6) is -2.52. The number of nitrogens with zero attached hydrogens (tertiary/aromatic N) is 1. The SMILES string of the molecule is O=C(Cn1c(=O)sc2ccccc21)Nc1ccc(F)c(F)c1. The molecule has 7 heteroatoms. The van der Waals surface area contributed by atoms with Crippen molar-refractivity contribution in [3.05, 3.63) is 63.8 Å². The molecule has 0 bridgehead atoms. The fourth-order valence-corrected chi connectivity index (χ4v) is 2.97. The first-order valence-corrected chi connectivity index (χ1v) is 7.19. The maximum Gasteiger partial charge on any atom is 0.308 e. The summed E-state index contributed by atoms with van der Waals surface area (Å²) < 4.78 is 28.1. The predicted octanol–water partition coefficient (Wildman–Crippen LogP) is 2.98. The van der Waals surface area contributed by atoms with Gasteiger partial charge in [0, 0.05) is 11.8 Å². The number of thiazole rings is 1. The summed E-state index contributed by atoms with van der Waals surface area (Å²) in [6.07, 6.45) is 0. The molecule has 0 saturated carbocycles. The molecule has 0 spiro atoms. The molecule has 0 fully saturated rings. The molecule has 112 valence electrons. The number of carbonyl (C=O) groups is 1. The number of nitrogens with one attached hydrogen (secondary N) is 1. The van der Waals surface area contributed by atoms with Crippen molar-refractivity contribution < 1.29 is 13.6 Å². The Morgan fingerprint density at radius 3 is 2.68 bits per heavy atom. The van der Waals surface area contributed by atoms with E-state index in [4.69, 9.17) is 0 Å². The van der Waals surface area contributed by atoms with Gasteiger partial charge in [0.15, 0.2) is 11.6 Å². The van der Waals surface area contributed by atoms with Gasteiger partial charge < -0.3 is 5.32 Å². The van der Waals surface area contributed by atoms with Crippen LogP contribution in [0.2, 0.25) is 0 Å². The second-order valence-corrected chi connectivity index (χ2v) is 5.59. The molecule has 22 heavy (non-hydrogen) atoms. The van der Waals surface area contributed by atoms with E-state index in [1.54, 1.807) is 18.2 Å². The molecule has 3 rings (SSSR count). The van der Waals surface area contributed by atoms with E-state index in [9.17, 15) is 18.4 Å². The molecule has 0 saturated heterocycles. The van der Waals surface area contributed by atoms with Crippen LogP contribution in [-0.2, 0) is 11.3 Å². The van der Waals surface area contributed by atoms with Crippen molar-refractivity contribution in [3.8, 4) is 0 Å². The van der Waals surface area contributed by atoms with Crippen molar-refractivity contribution in [2.45, 2.75) is 6.54 Å². The molecule has 2 aromatic carbocycles. The molecule has 0 radical (unpaired) electrons. The van der Waals surface area contributed by atoms with Crippen LogP contribution in [0.5, 0.6) is 0 Å². The lowest BCUT2D eigenvalue weighted by molar-refractivity contribution is -0.116. The predicted molar refractivity (Wildman–Crippen MR) is 81.1 cm³/mol. The van der Waals surface area contributed by atoms with Crippen LogP contribution in [0.3, 0.4) is 0 Å². The van der Waals surface area contributed by atoms with E-state index in [0.717, 1.165) is 28.2 Å². The fraction of sp³-hybridized carbons (Fsp3) is 0.0667. The number of fused-ring (bicyclic) bond motifs is 1. The molecule has 0 aliphatic heterocycles. The van der Waals surface area contributed by atoms with Crippen LogP contribution in [-0.4, -0.2) is 10.5 Å². The number of anilines is 1. The van der Waals surface area contributed by atoms with Crippen LogP contribution in [0.25, 0.3) is 10.2 Å². The standard InChI is InChI=1S/C15H10F2N2O2S/c16-10-6-5-9(7-11(10)17)18-14(20)8-19-12-3-1-2-4-13(12)22-15(19)21/h1-7H,8H2,(H,18,20). The zero-order valence-corrected chi connectivity index (χ0v) is 12.0. The Hall–Kier alpha value is -2.54. The summed E-state index contributed by atoms with van der Waals surface area (Å²) in [6, 6.07) is 10.2. The Morgan fingerprint density at radius 2 is 1.91 bits per heavy atom. The van der Waals surface area contributed by atoms with Gasteiger partial charge in [-0.15, -0.1) is 0 Å². The molecule has 3 aromatic rings. The van der Waals surface area contributed by atoms with Crippen LogP contribution >= 0.6 is 11.3 Å². The quantitative estimate of drug-likeness (QED) is 0.806. The minimum Gasteiger partial charge on any atom is -0.324 e. The van der Waals surface area contributed by atoms with Gasteiger partial charge in [-0.3, -0.25) is 14.2 Å². The maximum absolute atomic E-state index is 13.1. The van der Waals surface area contributed by atoms with Gasteiger partial charge in [-0.05, 0) is 24.3 Å². The monoisotopic (exact) mass is 320 g/mol. The highest BCUT2D eigenvalue weighted by atomic mass is 32.1. The average molecular weight is 320 g/mol. The molecule has 1 N–H and O–H groups in total. The number of amides is 1. The first-order valence-electron chi connectivity index (χ1n) is 6.38. The summed E-state index contributed by atoms with van der Waals surface area (Å²) in [5.41, 5.74) is 0.800. The normalized spacial score (nSPS) is 10.8. The first kappa shape index (κ1) is 14.4. The zero-order valence-electron chi connectivity index (χ0n) is 11.2. The maximum atomic E-state index is 13.1. The minimum absolute atomic E-state index is 0.136. The molecule has 1 aromatic heterocycles. The largest absolute Gasteiger partial charge is 0.324 e. The van der Waals surface area contributed by atoms with Gasteiger partial charge >= 0.3 is 4.87 Å². The molecule has 1 amide bonds. The number of rotatable bonds is 3. The Bertz CT molecular complexity index is 917. The Morgan fingerprint density at radius 1 is 1.14 bits per heavy atom. The van der Waals surface area contributed by atoms with Crippen LogP contribution in [0.4, 0.5) is 14.5 Å². The smallest absolute Gasteiger partial charge is 0.308 e. The summed E-state index contributed by atoms with van der Waals surface area (Å²) in [5, 5.41) is 2.44. The summed E-state index contributed by atoms with van der Waals surface area (Å²) in [6.45, 7) is -0.193. The van der Waals surface area contributed by atoms with Crippen LogP contribution in [0.15, 0.2) is 47.3 Å². The van der Waals surface area contributed by atoms with E-state index in [-0.39, 0.29) is 17.1 Å². The zero-order chi connectivity index (χ0) is 15.7. The van der Waals surface area contributed by atoms with Crippen molar-refractivity contribution in [1.29, 1.82) is 0 Å². The third-order valence-corrected chi connectivity index (χ3v) is 4.04. The number of hydrogen-bond acceptors (Lipinski definition) is 3. The number of benzene rings is 2. The van der Waals surface area contributed by atoms with Gasteiger partial charge in [-0.1, -0.05) is 23.5 Å². The molecule has 0 aliphatic carbocycles. The molecular formula is C15H10F2N2O2S. The number of hydrogen-bond donors (Lipinski definition) is 1. The average Bonchev–Trinajstić information content (AvgIpc) is 2.79. The fourth-order valence-electron chi connectivity index (χ4n) is 2.08. The summed E-state index contributed by atoms with van der Waals surface area (Å²) in [7, 11) is 0. The van der Waals surface area contributed by atoms with E-state index in [2.05, 4.69) is 5.32 Å². The third-order valence-electron chi connectivity index (χ3n) is 3.08. The van der Waals surface area contributed by atoms with Gasteiger partial charge in [-0.2, -0.15) is 0 Å². The van der Waals surface area contributed by atoms with Gasteiger partial charge in [0.1, 0.15) is 6.54 Å². The second kappa shape index (κ2) is 5.69. The first-order chi connectivity index (χ1) is 10.5. The van der Waals surface area contributed by atoms with Gasteiger partial charge in [0.05, 0.1) is 10.2 Å². The highest BCUT2D eigenvalue weighted by molar-refractivity contribution is 7.16. The van der Waals surface area contributed by atoms with E-state index in [1.807, 2.05) is 6.07 Å². The Labute approximate surface area is 127 Å². The second-order valence-electron chi connectivity index (χ2n) is 4.60. The number of carbonyl (C=O) groups excluding carboxylic acids is 1. The van der Waals surface area contributed by atoms with Crippen molar-refractivity contribution in [3.63, 3.8) is 0 Å². The lowest BCUT2D eigenvalue weighted by Crippen LogP contribution is -2.24. The van der Waals surface area contributed by atoms with Crippen molar-refractivity contribution in [2.24, 2.45) is 0 Å². The van der Waals surface area contributed by atoms with Crippen LogP contribution in [0.1, 0.15) is 0 Å². The van der Waals surface area contributed by atoms with E-state index in [1.165, 1.54) is 10.6 Å². The molecule has 4 nitrogen and oxygen atoms in total. The van der Waals surface area contributed by atoms with Gasteiger partial charge in [-0.25, -0.2) is 8.78 Å². The Balaban J connectivity index is 1.82. The van der Waals surface area contributed by atoms with Crippen LogP contribution in [0, 0.1) is 11.6 Å². The van der Waals surface area contributed by atoms with Gasteiger partial charge in [0.25, 0.3) is 0 Å². The minimum atomic E-state index is -1.05. The lowest BCUT2D eigenvalue weighted by atomic mass is 10.3. The van der Waals surface area contributed by atoms with E-state index < -0.39 is 17.5 Å². The van der Waals surface area contributed by atoms with E-state index >= 15 is 0 Å².